The fourth-order valence-electron chi connectivity index (χ4n) is 0.962. The molecule has 1 aromatic rings. The minimum atomic E-state index is -0.856. The van der Waals surface area contributed by atoms with E-state index < -0.39 is 11.5 Å². The molecule has 1 heterocycles. The van der Waals surface area contributed by atoms with Gasteiger partial charge >= 0.3 is 0 Å². The van der Waals surface area contributed by atoms with Gasteiger partial charge in [-0.15, -0.1) is 0 Å². The summed E-state index contributed by atoms with van der Waals surface area (Å²) >= 11 is 0. The van der Waals surface area contributed by atoms with Gasteiger partial charge in [0, 0.05) is 11.8 Å². The molecule has 13 heavy (non-hydrogen) atoms. The number of pyridine rings is 1. The summed E-state index contributed by atoms with van der Waals surface area (Å²) in [6.07, 6.45) is 1.35. The Hall–Kier alpha value is -1.00. The summed E-state index contributed by atoms with van der Waals surface area (Å²) in [4.78, 5) is 3.54. The minimum absolute atomic E-state index is 0.195. The van der Waals surface area contributed by atoms with Crippen LogP contribution >= 0.6 is 0 Å². The van der Waals surface area contributed by atoms with Crippen LogP contribution in [0.4, 0.5) is 4.39 Å². The van der Waals surface area contributed by atoms with Crippen molar-refractivity contribution in [1.29, 1.82) is 0 Å². The summed E-state index contributed by atoms with van der Waals surface area (Å²) in [5, 5.41) is 8.96. The molecule has 0 bridgehead atoms. The molecule has 1 rings (SSSR count). The predicted molar refractivity (Wildman–Crippen MR) is 47.6 cm³/mol. The Morgan fingerprint density at radius 1 is 1.69 bits per heavy atom. The Bertz CT molecular complexity index is 312. The van der Waals surface area contributed by atoms with E-state index in [1.54, 1.807) is 19.9 Å². The molecular weight excluding hydrogens is 171 g/mol. The number of aryl methyl sites for hydroxylation is 1. The molecule has 0 aromatic carbocycles. The zero-order valence-corrected chi connectivity index (χ0v) is 7.71. The first-order valence-corrected chi connectivity index (χ1v) is 4.00. The summed E-state index contributed by atoms with van der Waals surface area (Å²) in [6, 6.07) is 1.60. The molecule has 0 spiro atoms. The lowest BCUT2D eigenvalue weighted by molar-refractivity contribution is 0.209. The lowest BCUT2D eigenvalue weighted by Crippen LogP contribution is -2.37. The quantitative estimate of drug-likeness (QED) is 0.665. The van der Waals surface area contributed by atoms with Crippen molar-refractivity contribution >= 4 is 0 Å². The highest BCUT2D eigenvalue weighted by Crippen LogP contribution is 2.17. The molecule has 0 unspecified atom stereocenters. The SMILES string of the molecule is Cc1cc([C@@](C)(N)CO)cnc1F. The van der Waals surface area contributed by atoms with Gasteiger partial charge in [0.15, 0.2) is 0 Å². The molecule has 0 saturated heterocycles. The maximum atomic E-state index is 12.8. The highest BCUT2D eigenvalue weighted by molar-refractivity contribution is 5.24. The third kappa shape index (κ3) is 2.02. The Labute approximate surface area is 76.4 Å². The number of rotatable bonds is 2. The number of aliphatic hydroxyl groups excluding tert-OH is 1. The number of halogens is 1. The maximum absolute atomic E-state index is 12.8. The third-order valence-corrected chi connectivity index (χ3v) is 2.00. The number of aromatic nitrogens is 1. The summed E-state index contributed by atoms with van der Waals surface area (Å²) in [5.41, 5.74) is 5.95. The predicted octanol–water partition coefficient (Wildman–Crippen LogP) is 0.695. The standard InChI is InChI=1S/C9H13FN2O/c1-6-3-7(4-12-8(6)10)9(2,11)5-13/h3-4,13H,5,11H2,1-2H3/t9-/m0/s1. The van der Waals surface area contributed by atoms with Crippen molar-refractivity contribution in [1.82, 2.24) is 4.98 Å². The Kier molecular flexibility index (Phi) is 2.63. The van der Waals surface area contributed by atoms with E-state index in [9.17, 15) is 4.39 Å². The second-order valence-electron chi connectivity index (χ2n) is 3.41. The minimum Gasteiger partial charge on any atom is -0.394 e. The van der Waals surface area contributed by atoms with E-state index in [-0.39, 0.29) is 6.61 Å². The van der Waals surface area contributed by atoms with Crippen LogP contribution in [0.1, 0.15) is 18.1 Å². The van der Waals surface area contributed by atoms with Crippen LogP contribution in [0.25, 0.3) is 0 Å². The fraction of sp³-hybridized carbons (Fsp3) is 0.444. The summed E-state index contributed by atoms with van der Waals surface area (Å²) in [5.74, 6) is -0.502. The lowest BCUT2D eigenvalue weighted by atomic mass is 9.95. The topological polar surface area (TPSA) is 59.1 Å². The van der Waals surface area contributed by atoms with E-state index in [4.69, 9.17) is 10.8 Å². The third-order valence-electron chi connectivity index (χ3n) is 2.00. The number of nitrogens with two attached hydrogens (primary N) is 1. The molecule has 3 N–H and O–H groups in total. The van der Waals surface area contributed by atoms with Crippen LogP contribution < -0.4 is 5.73 Å². The fourth-order valence-corrected chi connectivity index (χ4v) is 0.962. The van der Waals surface area contributed by atoms with Gasteiger partial charge in [0.25, 0.3) is 0 Å². The van der Waals surface area contributed by atoms with E-state index in [1.807, 2.05) is 0 Å². The Morgan fingerprint density at radius 2 is 2.31 bits per heavy atom. The second-order valence-corrected chi connectivity index (χ2v) is 3.41. The number of hydrogen-bond donors (Lipinski definition) is 2. The smallest absolute Gasteiger partial charge is 0.215 e. The summed E-state index contributed by atoms with van der Waals surface area (Å²) in [7, 11) is 0. The van der Waals surface area contributed by atoms with Crippen molar-refractivity contribution < 1.29 is 9.50 Å². The summed E-state index contributed by atoms with van der Waals surface area (Å²) in [6.45, 7) is 3.08. The maximum Gasteiger partial charge on any atom is 0.215 e. The van der Waals surface area contributed by atoms with Gasteiger partial charge in [-0.1, -0.05) is 0 Å². The van der Waals surface area contributed by atoms with Gasteiger partial charge in [-0.2, -0.15) is 4.39 Å². The van der Waals surface area contributed by atoms with Crippen LogP contribution in [0.2, 0.25) is 0 Å². The molecule has 0 amide bonds. The molecule has 0 saturated carbocycles. The van der Waals surface area contributed by atoms with E-state index >= 15 is 0 Å². The molecule has 1 aromatic heterocycles. The largest absolute Gasteiger partial charge is 0.394 e. The van der Waals surface area contributed by atoms with Crippen molar-refractivity contribution in [2.24, 2.45) is 5.73 Å². The van der Waals surface area contributed by atoms with Crippen LogP contribution in [0, 0.1) is 12.9 Å². The van der Waals surface area contributed by atoms with Crippen molar-refractivity contribution in [3.05, 3.63) is 29.3 Å². The van der Waals surface area contributed by atoms with Crippen molar-refractivity contribution in [2.45, 2.75) is 19.4 Å². The molecular formula is C9H13FN2O. The molecule has 0 radical (unpaired) electrons. The monoisotopic (exact) mass is 184 g/mol. The average molecular weight is 184 g/mol. The van der Waals surface area contributed by atoms with Crippen LogP contribution in [-0.2, 0) is 5.54 Å². The van der Waals surface area contributed by atoms with Gasteiger partial charge in [-0.25, -0.2) is 4.98 Å². The highest BCUT2D eigenvalue weighted by atomic mass is 19.1. The van der Waals surface area contributed by atoms with Crippen molar-refractivity contribution in [2.75, 3.05) is 6.61 Å². The molecule has 0 aliphatic carbocycles. The van der Waals surface area contributed by atoms with Gasteiger partial charge < -0.3 is 10.8 Å². The van der Waals surface area contributed by atoms with E-state index in [2.05, 4.69) is 4.98 Å². The molecule has 0 aliphatic rings. The van der Waals surface area contributed by atoms with Crippen LogP contribution in [0.15, 0.2) is 12.3 Å². The van der Waals surface area contributed by atoms with Gasteiger partial charge in [0.1, 0.15) is 0 Å². The van der Waals surface area contributed by atoms with E-state index in [0.29, 0.717) is 11.1 Å². The van der Waals surface area contributed by atoms with Crippen molar-refractivity contribution in [3.63, 3.8) is 0 Å². The zero-order chi connectivity index (χ0) is 10.1. The van der Waals surface area contributed by atoms with E-state index in [1.165, 1.54) is 6.20 Å². The van der Waals surface area contributed by atoms with Gasteiger partial charge in [0.05, 0.1) is 12.1 Å². The number of nitrogens with zero attached hydrogens (tertiary/aromatic N) is 1. The molecule has 3 nitrogen and oxygen atoms in total. The number of hydrogen-bond acceptors (Lipinski definition) is 3. The molecule has 1 atom stereocenters. The zero-order valence-electron chi connectivity index (χ0n) is 7.71. The Morgan fingerprint density at radius 3 is 2.77 bits per heavy atom. The normalized spacial score (nSPS) is 15.5. The second kappa shape index (κ2) is 3.40. The molecule has 72 valence electrons. The molecule has 0 aliphatic heterocycles. The lowest BCUT2D eigenvalue weighted by Gasteiger charge is -2.22. The highest BCUT2D eigenvalue weighted by Gasteiger charge is 2.20. The van der Waals surface area contributed by atoms with Crippen LogP contribution in [-0.4, -0.2) is 16.7 Å². The van der Waals surface area contributed by atoms with Gasteiger partial charge in [0.2, 0.25) is 5.95 Å². The first-order valence-electron chi connectivity index (χ1n) is 4.00. The molecule has 4 heteroatoms. The van der Waals surface area contributed by atoms with Crippen LogP contribution in [0.5, 0.6) is 0 Å². The van der Waals surface area contributed by atoms with Gasteiger partial charge in [-0.3, -0.25) is 0 Å². The average Bonchev–Trinajstić information content (AvgIpc) is 2.09. The van der Waals surface area contributed by atoms with Gasteiger partial charge in [-0.05, 0) is 25.5 Å². The first kappa shape index (κ1) is 10.1. The molecule has 0 fully saturated rings. The van der Waals surface area contributed by atoms with E-state index in [0.717, 1.165) is 0 Å². The van der Waals surface area contributed by atoms with Crippen LogP contribution in [0.3, 0.4) is 0 Å². The summed E-state index contributed by atoms with van der Waals surface area (Å²) < 4.78 is 12.8. The van der Waals surface area contributed by atoms with Crippen molar-refractivity contribution in [3.8, 4) is 0 Å². The first-order chi connectivity index (χ1) is 5.97. The number of aliphatic hydroxyl groups is 1. The Balaban J connectivity index is 3.10.